The van der Waals surface area contributed by atoms with Crippen LogP contribution in [0.25, 0.3) is 10.6 Å². The fourth-order valence-electron chi connectivity index (χ4n) is 2.24. The van der Waals surface area contributed by atoms with Crippen LogP contribution >= 0.6 is 11.3 Å². The van der Waals surface area contributed by atoms with Gasteiger partial charge in [-0.3, -0.25) is 4.98 Å². The predicted molar refractivity (Wildman–Crippen MR) is 94.9 cm³/mol. The van der Waals surface area contributed by atoms with E-state index in [1.54, 1.807) is 23.6 Å². The number of benzene rings is 1. The second kappa shape index (κ2) is 7.57. The van der Waals surface area contributed by atoms with E-state index in [0.29, 0.717) is 0 Å². The van der Waals surface area contributed by atoms with Gasteiger partial charge in [0.05, 0.1) is 16.1 Å². The van der Waals surface area contributed by atoms with Crippen molar-refractivity contribution < 1.29 is 18.0 Å². The quantitative estimate of drug-likeness (QED) is 0.661. The normalized spacial score (nSPS) is 11.2. The van der Waals surface area contributed by atoms with Gasteiger partial charge in [0, 0.05) is 18.4 Å². The van der Waals surface area contributed by atoms with Gasteiger partial charge in [0.15, 0.2) is 0 Å². The van der Waals surface area contributed by atoms with Crippen LogP contribution in [0, 0.1) is 0 Å². The van der Waals surface area contributed by atoms with Gasteiger partial charge in [0.1, 0.15) is 0 Å². The zero-order chi connectivity index (χ0) is 18.6. The Morgan fingerprint density at radius 2 is 1.88 bits per heavy atom. The number of urea groups is 1. The maximum Gasteiger partial charge on any atom is 0.416 e. The van der Waals surface area contributed by atoms with Gasteiger partial charge >= 0.3 is 12.2 Å². The Morgan fingerprint density at radius 1 is 1.12 bits per heavy atom. The van der Waals surface area contributed by atoms with E-state index in [-0.39, 0.29) is 12.2 Å². The van der Waals surface area contributed by atoms with Crippen LogP contribution in [-0.4, -0.2) is 11.0 Å². The third kappa shape index (κ3) is 4.60. The highest BCUT2D eigenvalue weighted by atomic mass is 32.1. The summed E-state index contributed by atoms with van der Waals surface area (Å²) in [6.45, 7) is 0.271. The maximum absolute atomic E-state index is 12.5. The third-order valence-electron chi connectivity index (χ3n) is 3.52. The fraction of sp³-hybridized carbons (Fsp3) is 0.111. The van der Waals surface area contributed by atoms with Crippen LogP contribution in [0.4, 0.5) is 23.7 Å². The molecule has 0 saturated heterocycles. The number of halogens is 3. The topological polar surface area (TPSA) is 54.0 Å². The summed E-state index contributed by atoms with van der Waals surface area (Å²) in [5, 5.41) is 7.13. The lowest BCUT2D eigenvalue weighted by atomic mass is 10.2. The summed E-state index contributed by atoms with van der Waals surface area (Å²) < 4.78 is 37.6. The number of amides is 2. The molecule has 134 valence electrons. The van der Waals surface area contributed by atoms with Gasteiger partial charge in [0.25, 0.3) is 0 Å². The third-order valence-corrected chi connectivity index (χ3v) is 4.41. The van der Waals surface area contributed by atoms with Crippen molar-refractivity contribution in [2.45, 2.75) is 12.7 Å². The van der Waals surface area contributed by atoms with Crippen molar-refractivity contribution in [2.24, 2.45) is 0 Å². The average Bonchev–Trinajstić information content (AvgIpc) is 3.15. The van der Waals surface area contributed by atoms with E-state index in [1.165, 1.54) is 12.1 Å². The Kier molecular flexibility index (Phi) is 5.22. The van der Waals surface area contributed by atoms with Gasteiger partial charge in [-0.25, -0.2) is 4.79 Å². The fourth-order valence-corrected chi connectivity index (χ4v) is 2.94. The molecular weight excluding hydrogens is 363 g/mol. The Morgan fingerprint density at radius 3 is 2.54 bits per heavy atom. The van der Waals surface area contributed by atoms with Crippen molar-refractivity contribution in [1.82, 2.24) is 10.3 Å². The molecule has 26 heavy (non-hydrogen) atoms. The monoisotopic (exact) mass is 377 g/mol. The minimum atomic E-state index is -4.40. The largest absolute Gasteiger partial charge is 0.416 e. The first-order valence-electron chi connectivity index (χ1n) is 7.63. The van der Waals surface area contributed by atoms with Crippen LogP contribution in [0.15, 0.2) is 60.1 Å². The lowest BCUT2D eigenvalue weighted by Crippen LogP contribution is -2.28. The maximum atomic E-state index is 12.5. The van der Waals surface area contributed by atoms with E-state index >= 15 is 0 Å². The van der Waals surface area contributed by atoms with Crippen LogP contribution in [-0.2, 0) is 12.7 Å². The molecule has 0 atom stereocenters. The summed E-state index contributed by atoms with van der Waals surface area (Å²) in [5.74, 6) is 0. The van der Waals surface area contributed by atoms with Gasteiger partial charge in [-0.05, 0) is 53.4 Å². The summed E-state index contributed by atoms with van der Waals surface area (Å²) >= 11 is 1.57. The minimum absolute atomic E-state index is 0.271. The molecule has 2 amide bonds. The van der Waals surface area contributed by atoms with E-state index in [2.05, 4.69) is 15.6 Å². The van der Waals surface area contributed by atoms with Crippen molar-refractivity contribution >= 4 is 23.1 Å². The number of aromatic nitrogens is 1. The first-order valence-corrected chi connectivity index (χ1v) is 8.51. The minimum Gasteiger partial charge on any atom is -0.334 e. The summed E-state index contributed by atoms with van der Waals surface area (Å²) in [7, 11) is 0. The number of alkyl halides is 3. The number of pyridine rings is 1. The first-order chi connectivity index (χ1) is 12.4. The predicted octanol–water partition coefficient (Wildman–Crippen LogP) is 5.15. The molecule has 0 radical (unpaired) electrons. The molecule has 4 nitrogen and oxygen atoms in total. The van der Waals surface area contributed by atoms with Gasteiger partial charge in [-0.15, -0.1) is 11.3 Å². The Balaban J connectivity index is 1.57. The first kappa shape index (κ1) is 17.9. The number of nitrogens with one attached hydrogen (secondary N) is 2. The summed E-state index contributed by atoms with van der Waals surface area (Å²) in [5.41, 5.74) is 1.21. The highest BCUT2D eigenvalue weighted by Gasteiger charge is 2.29. The van der Waals surface area contributed by atoms with Crippen molar-refractivity contribution in [3.63, 3.8) is 0 Å². The molecule has 0 aliphatic heterocycles. The van der Waals surface area contributed by atoms with E-state index in [4.69, 9.17) is 0 Å². The molecule has 8 heteroatoms. The lowest BCUT2D eigenvalue weighted by molar-refractivity contribution is -0.137. The van der Waals surface area contributed by atoms with Crippen molar-refractivity contribution in [3.05, 3.63) is 71.2 Å². The molecule has 2 aromatic heterocycles. The van der Waals surface area contributed by atoms with E-state index in [1.807, 2.05) is 23.6 Å². The van der Waals surface area contributed by atoms with Gasteiger partial charge in [-0.1, -0.05) is 6.07 Å². The highest BCUT2D eigenvalue weighted by Crippen LogP contribution is 2.29. The van der Waals surface area contributed by atoms with E-state index in [9.17, 15) is 18.0 Å². The SMILES string of the molecule is O=C(NCc1ccnc(-c2cccs2)c1)Nc1ccc(C(F)(F)F)cc1. The molecule has 0 spiro atoms. The average molecular weight is 377 g/mol. The van der Waals surface area contributed by atoms with Crippen molar-refractivity contribution in [3.8, 4) is 10.6 Å². The lowest BCUT2D eigenvalue weighted by Gasteiger charge is -2.10. The smallest absolute Gasteiger partial charge is 0.334 e. The Labute approximate surface area is 151 Å². The number of carbonyl (C=O) groups excluding carboxylic acids is 1. The number of anilines is 1. The molecule has 1 aromatic carbocycles. The molecule has 0 saturated carbocycles. The standard InChI is InChI=1S/C18H14F3N3OS/c19-18(20,21)13-3-5-14(6-4-13)24-17(25)23-11-12-7-8-22-15(10-12)16-2-1-9-26-16/h1-10H,11H2,(H2,23,24,25). The molecule has 0 aliphatic rings. The van der Waals surface area contributed by atoms with Gasteiger partial charge in [0.2, 0.25) is 0 Å². The zero-order valence-electron chi connectivity index (χ0n) is 13.4. The molecule has 3 aromatic rings. The van der Waals surface area contributed by atoms with E-state index in [0.717, 1.165) is 28.3 Å². The molecule has 2 N–H and O–H groups in total. The molecule has 0 bridgehead atoms. The van der Waals surface area contributed by atoms with E-state index < -0.39 is 17.8 Å². The van der Waals surface area contributed by atoms with Gasteiger partial charge in [-0.2, -0.15) is 13.2 Å². The second-order valence-electron chi connectivity index (χ2n) is 5.41. The Hall–Kier alpha value is -2.87. The number of nitrogens with zero attached hydrogens (tertiary/aromatic N) is 1. The highest BCUT2D eigenvalue weighted by molar-refractivity contribution is 7.13. The summed E-state index contributed by atoms with van der Waals surface area (Å²) in [4.78, 5) is 17.2. The number of hydrogen-bond acceptors (Lipinski definition) is 3. The number of rotatable bonds is 4. The van der Waals surface area contributed by atoms with Crippen LogP contribution < -0.4 is 10.6 Å². The van der Waals surface area contributed by atoms with Crippen LogP contribution in [0.3, 0.4) is 0 Å². The van der Waals surface area contributed by atoms with Crippen LogP contribution in [0.1, 0.15) is 11.1 Å². The molecular formula is C18H14F3N3OS. The molecule has 0 fully saturated rings. The van der Waals surface area contributed by atoms with Crippen LogP contribution in [0.2, 0.25) is 0 Å². The Bertz CT molecular complexity index is 877. The van der Waals surface area contributed by atoms with Crippen molar-refractivity contribution in [1.29, 1.82) is 0 Å². The second-order valence-corrected chi connectivity index (χ2v) is 6.36. The summed E-state index contributed by atoms with van der Waals surface area (Å²) in [6, 6.07) is 11.3. The van der Waals surface area contributed by atoms with Crippen LogP contribution in [0.5, 0.6) is 0 Å². The molecule has 2 heterocycles. The van der Waals surface area contributed by atoms with Gasteiger partial charge < -0.3 is 10.6 Å². The zero-order valence-corrected chi connectivity index (χ0v) is 14.2. The number of hydrogen-bond donors (Lipinski definition) is 2. The molecule has 3 rings (SSSR count). The van der Waals surface area contributed by atoms with Crippen molar-refractivity contribution in [2.75, 3.05) is 5.32 Å². The summed E-state index contributed by atoms with van der Waals surface area (Å²) in [6.07, 6.45) is -2.73. The number of carbonyl (C=O) groups is 1. The molecule has 0 aliphatic carbocycles. The number of thiophene rings is 1. The molecule has 0 unspecified atom stereocenters.